The second-order valence-electron chi connectivity index (χ2n) is 3.26. The fourth-order valence-corrected chi connectivity index (χ4v) is 0.972. The first-order valence-corrected chi connectivity index (χ1v) is 4.76. The second kappa shape index (κ2) is 7.19. The van der Waals surface area contributed by atoms with Crippen molar-refractivity contribution in [1.82, 2.24) is 5.32 Å². The number of methoxy groups -OCH3 is 1. The highest BCUT2D eigenvalue weighted by molar-refractivity contribution is 5.80. The number of ether oxygens (including phenoxy) is 1. The molecule has 0 rings (SSSR count). The number of esters is 1. The highest BCUT2D eigenvalue weighted by atomic mass is 16.5. The molecule has 1 amide bonds. The second-order valence-corrected chi connectivity index (χ2v) is 3.26. The molecule has 0 bridgehead atoms. The van der Waals surface area contributed by atoms with Gasteiger partial charge in [-0.3, -0.25) is 4.79 Å². The predicted octanol–water partition coefficient (Wildman–Crippen LogP) is -1.38. The molecule has 0 aromatic heterocycles. The van der Waals surface area contributed by atoms with Crippen molar-refractivity contribution in [3.8, 4) is 0 Å². The molecule has 88 valence electrons. The van der Waals surface area contributed by atoms with Crippen molar-refractivity contribution in [2.45, 2.75) is 19.4 Å². The number of carbonyl (C=O) groups is 2. The Morgan fingerprint density at radius 3 is 2.60 bits per heavy atom. The molecule has 0 heterocycles. The van der Waals surface area contributed by atoms with Crippen molar-refractivity contribution < 1.29 is 19.4 Å². The number of amides is 1. The van der Waals surface area contributed by atoms with Gasteiger partial charge in [0.1, 0.15) is 0 Å². The first-order chi connectivity index (χ1) is 7.02. The van der Waals surface area contributed by atoms with Crippen molar-refractivity contribution in [2.24, 2.45) is 11.7 Å². The highest BCUT2D eigenvalue weighted by Gasteiger charge is 2.18. The number of rotatable bonds is 6. The number of nitrogens with two attached hydrogens (primary N) is 1. The molecular formula is C9H18N2O4. The van der Waals surface area contributed by atoms with Crippen LogP contribution in [0.4, 0.5) is 0 Å². The van der Waals surface area contributed by atoms with Crippen molar-refractivity contribution in [3.05, 3.63) is 0 Å². The molecule has 0 aromatic rings. The van der Waals surface area contributed by atoms with E-state index in [9.17, 15) is 9.59 Å². The zero-order valence-electron chi connectivity index (χ0n) is 9.03. The Hall–Kier alpha value is -1.14. The van der Waals surface area contributed by atoms with Gasteiger partial charge in [-0.05, 0) is 13.0 Å². The van der Waals surface area contributed by atoms with Gasteiger partial charge >= 0.3 is 5.97 Å². The van der Waals surface area contributed by atoms with E-state index in [4.69, 9.17) is 10.8 Å². The summed E-state index contributed by atoms with van der Waals surface area (Å²) in [5.41, 5.74) is 5.29. The summed E-state index contributed by atoms with van der Waals surface area (Å²) < 4.78 is 4.29. The van der Waals surface area contributed by atoms with Crippen LogP contribution in [0.3, 0.4) is 0 Å². The first-order valence-electron chi connectivity index (χ1n) is 4.76. The van der Waals surface area contributed by atoms with Crippen LogP contribution in [0.15, 0.2) is 0 Å². The van der Waals surface area contributed by atoms with E-state index in [1.807, 2.05) is 0 Å². The summed E-state index contributed by atoms with van der Waals surface area (Å²) in [6.45, 7) is 2.02. The van der Waals surface area contributed by atoms with Crippen molar-refractivity contribution in [1.29, 1.82) is 0 Å². The molecule has 0 aliphatic carbocycles. The lowest BCUT2D eigenvalue weighted by molar-refractivity contribution is -0.150. The minimum Gasteiger partial charge on any atom is -0.467 e. The highest BCUT2D eigenvalue weighted by Crippen LogP contribution is 1.99. The maximum atomic E-state index is 11.3. The van der Waals surface area contributed by atoms with Crippen molar-refractivity contribution in [3.63, 3.8) is 0 Å². The topological polar surface area (TPSA) is 102 Å². The predicted molar refractivity (Wildman–Crippen MR) is 53.9 cm³/mol. The van der Waals surface area contributed by atoms with E-state index in [1.165, 1.54) is 7.11 Å². The average molecular weight is 218 g/mol. The van der Waals surface area contributed by atoms with Gasteiger partial charge in [0.15, 0.2) is 6.10 Å². The van der Waals surface area contributed by atoms with Crippen LogP contribution in [-0.2, 0) is 14.3 Å². The van der Waals surface area contributed by atoms with Crippen LogP contribution in [0.5, 0.6) is 0 Å². The van der Waals surface area contributed by atoms with E-state index in [1.54, 1.807) is 6.92 Å². The lowest BCUT2D eigenvalue weighted by atomic mass is 10.1. The zero-order valence-corrected chi connectivity index (χ0v) is 9.03. The molecule has 0 fully saturated rings. The van der Waals surface area contributed by atoms with Crippen LogP contribution in [0.2, 0.25) is 0 Å². The molecule has 0 saturated carbocycles. The fourth-order valence-electron chi connectivity index (χ4n) is 0.972. The third kappa shape index (κ3) is 5.34. The number of hydrogen-bond acceptors (Lipinski definition) is 5. The quantitative estimate of drug-likeness (QED) is 0.477. The number of hydrogen-bond donors (Lipinski definition) is 3. The van der Waals surface area contributed by atoms with Gasteiger partial charge in [0.05, 0.1) is 13.7 Å². The summed E-state index contributed by atoms with van der Waals surface area (Å²) in [5, 5.41) is 11.6. The summed E-state index contributed by atoms with van der Waals surface area (Å²) in [4.78, 5) is 22.1. The molecule has 0 aromatic carbocycles. The SMILES string of the molecule is COC(=O)C(O)CNC(=O)C(C)CCN. The normalized spacial score (nSPS) is 14.1. The molecule has 15 heavy (non-hydrogen) atoms. The maximum Gasteiger partial charge on any atom is 0.336 e. The summed E-state index contributed by atoms with van der Waals surface area (Å²) in [6.07, 6.45) is -0.746. The molecule has 0 spiro atoms. The largest absolute Gasteiger partial charge is 0.467 e. The Bertz CT molecular complexity index is 220. The summed E-state index contributed by atoms with van der Waals surface area (Å²) >= 11 is 0. The van der Waals surface area contributed by atoms with Gasteiger partial charge in [0.2, 0.25) is 5.91 Å². The third-order valence-corrected chi connectivity index (χ3v) is 1.99. The Kier molecular flexibility index (Phi) is 6.64. The molecule has 6 nitrogen and oxygen atoms in total. The minimum absolute atomic E-state index is 0.138. The molecule has 0 saturated heterocycles. The van der Waals surface area contributed by atoms with Crippen LogP contribution in [-0.4, -0.2) is 43.3 Å². The van der Waals surface area contributed by atoms with Gasteiger partial charge in [0.25, 0.3) is 0 Å². The maximum absolute atomic E-state index is 11.3. The third-order valence-electron chi connectivity index (χ3n) is 1.99. The standard InChI is InChI=1S/C9H18N2O4/c1-6(3-4-10)8(13)11-5-7(12)9(14)15-2/h6-7,12H,3-5,10H2,1-2H3,(H,11,13). The van der Waals surface area contributed by atoms with Gasteiger partial charge in [-0.1, -0.05) is 6.92 Å². The molecule has 4 N–H and O–H groups in total. The first kappa shape index (κ1) is 13.9. The monoisotopic (exact) mass is 218 g/mol. The average Bonchev–Trinajstić information content (AvgIpc) is 2.24. The van der Waals surface area contributed by atoms with E-state index in [0.29, 0.717) is 13.0 Å². The van der Waals surface area contributed by atoms with E-state index >= 15 is 0 Å². The van der Waals surface area contributed by atoms with Gasteiger partial charge in [-0.2, -0.15) is 0 Å². The molecule has 0 aliphatic rings. The lowest BCUT2D eigenvalue weighted by Gasteiger charge is -2.13. The number of aliphatic hydroxyl groups excluding tert-OH is 1. The lowest BCUT2D eigenvalue weighted by Crippen LogP contribution is -2.39. The van der Waals surface area contributed by atoms with Gasteiger partial charge in [0, 0.05) is 5.92 Å². The molecule has 2 unspecified atom stereocenters. The van der Waals surface area contributed by atoms with E-state index in [2.05, 4.69) is 10.1 Å². The van der Waals surface area contributed by atoms with Crippen LogP contribution < -0.4 is 11.1 Å². The smallest absolute Gasteiger partial charge is 0.336 e. The van der Waals surface area contributed by atoms with E-state index in [0.717, 1.165) is 0 Å². The van der Waals surface area contributed by atoms with Crippen molar-refractivity contribution in [2.75, 3.05) is 20.2 Å². The Morgan fingerprint density at radius 1 is 1.53 bits per heavy atom. The van der Waals surface area contributed by atoms with Gasteiger partial charge < -0.3 is 20.9 Å². The zero-order chi connectivity index (χ0) is 11.8. The summed E-state index contributed by atoms with van der Waals surface area (Å²) in [7, 11) is 1.17. The van der Waals surface area contributed by atoms with Crippen LogP contribution >= 0.6 is 0 Å². The minimum atomic E-state index is -1.32. The number of aliphatic hydroxyl groups is 1. The number of carbonyl (C=O) groups excluding carboxylic acids is 2. The van der Waals surface area contributed by atoms with Crippen LogP contribution in [0.1, 0.15) is 13.3 Å². The van der Waals surface area contributed by atoms with Gasteiger partial charge in [-0.25, -0.2) is 4.79 Å². The summed E-state index contributed by atoms with van der Waals surface area (Å²) in [5.74, 6) is -1.22. The number of nitrogens with one attached hydrogen (secondary N) is 1. The van der Waals surface area contributed by atoms with E-state index in [-0.39, 0.29) is 18.4 Å². The van der Waals surface area contributed by atoms with Crippen LogP contribution in [0, 0.1) is 5.92 Å². The van der Waals surface area contributed by atoms with E-state index < -0.39 is 12.1 Å². The Labute approximate surface area is 88.8 Å². The van der Waals surface area contributed by atoms with Gasteiger partial charge in [-0.15, -0.1) is 0 Å². The van der Waals surface area contributed by atoms with Crippen molar-refractivity contribution >= 4 is 11.9 Å². The molecular weight excluding hydrogens is 200 g/mol. The van der Waals surface area contributed by atoms with Crippen LogP contribution in [0.25, 0.3) is 0 Å². The fraction of sp³-hybridized carbons (Fsp3) is 0.778. The summed E-state index contributed by atoms with van der Waals surface area (Å²) in [6, 6.07) is 0. The molecule has 6 heteroatoms. The Balaban J connectivity index is 3.84. The Morgan fingerprint density at radius 2 is 2.13 bits per heavy atom. The molecule has 2 atom stereocenters. The molecule has 0 aliphatic heterocycles. The molecule has 0 radical (unpaired) electrons.